The predicted molar refractivity (Wildman–Crippen MR) is 74.3 cm³/mol. The molecule has 1 aliphatic heterocycles. The standard InChI is InChI=1S/C12H12ClF3N2O3S/c13-9-2-1-8(22-9)10(19)17-3-6-4-18(11(20)21)5-7(6)12(14,15)16/h1-2,6-7H,3-5H2,(H,17,19)(H,20,21)/t6-,7-/m0/s1. The van der Waals surface area contributed by atoms with Crippen LogP contribution in [0.5, 0.6) is 0 Å². The van der Waals surface area contributed by atoms with Gasteiger partial charge < -0.3 is 15.3 Å². The van der Waals surface area contributed by atoms with E-state index in [1.807, 2.05) is 0 Å². The predicted octanol–water partition coefficient (Wildman–Crippen LogP) is 2.92. The van der Waals surface area contributed by atoms with Crippen molar-refractivity contribution >= 4 is 34.9 Å². The van der Waals surface area contributed by atoms with E-state index in [1.54, 1.807) is 0 Å². The summed E-state index contributed by atoms with van der Waals surface area (Å²) in [6.45, 7) is -1.11. The zero-order valence-corrected chi connectivity index (χ0v) is 12.6. The molecule has 0 aliphatic carbocycles. The minimum Gasteiger partial charge on any atom is -0.465 e. The number of hydrogen-bond acceptors (Lipinski definition) is 3. The summed E-state index contributed by atoms with van der Waals surface area (Å²) >= 11 is 6.70. The van der Waals surface area contributed by atoms with Crippen LogP contribution < -0.4 is 5.32 Å². The third-order valence-corrected chi connectivity index (χ3v) is 4.68. The average Bonchev–Trinajstić information content (AvgIpc) is 3.01. The number of nitrogens with one attached hydrogen (secondary N) is 1. The summed E-state index contributed by atoms with van der Waals surface area (Å²) in [7, 11) is 0. The fourth-order valence-corrected chi connectivity index (χ4v) is 3.31. The molecule has 0 bridgehead atoms. The molecular formula is C12H12ClF3N2O3S. The molecule has 2 atom stereocenters. The molecule has 1 aromatic rings. The van der Waals surface area contributed by atoms with Crippen molar-refractivity contribution in [2.45, 2.75) is 6.18 Å². The van der Waals surface area contributed by atoms with Gasteiger partial charge >= 0.3 is 12.3 Å². The number of carboxylic acid groups (broad SMARTS) is 1. The Bertz CT molecular complexity index is 578. The second kappa shape index (κ2) is 6.33. The van der Waals surface area contributed by atoms with Crippen LogP contribution in [0.4, 0.5) is 18.0 Å². The molecule has 0 saturated carbocycles. The van der Waals surface area contributed by atoms with Gasteiger partial charge in [-0.1, -0.05) is 11.6 Å². The van der Waals surface area contributed by atoms with Crippen LogP contribution in [0.3, 0.4) is 0 Å². The molecular weight excluding hydrogens is 345 g/mol. The summed E-state index contributed by atoms with van der Waals surface area (Å²) in [4.78, 5) is 23.7. The molecule has 2 heterocycles. The molecule has 1 aromatic heterocycles. The number of amides is 2. The van der Waals surface area contributed by atoms with Crippen molar-refractivity contribution in [3.8, 4) is 0 Å². The second-order valence-electron chi connectivity index (χ2n) is 4.91. The van der Waals surface area contributed by atoms with Crippen molar-refractivity contribution in [3.05, 3.63) is 21.3 Å². The molecule has 0 radical (unpaired) electrons. The number of carbonyl (C=O) groups excluding carboxylic acids is 1. The van der Waals surface area contributed by atoms with E-state index in [0.717, 1.165) is 16.2 Å². The Labute approximate surface area is 132 Å². The first-order valence-corrected chi connectivity index (χ1v) is 7.46. The highest BCUT2D eigenvalue weighted by Crippen LogP contribution is 2.37. The lowest BCUT2D eigenvalue weighted by Crippen LogP contribution is -2.37. The minimum atomic E-state index is -4.51. The fraction of sp³-hybridized carbons (Fsp3) is 0.500. The van der Waals surface area contributed by atoms with Gasteiger partial charge in [0.05, 0.1) is 15.1 Å². The van der Waals surface area contributed by atoms with Crippen LogP contribution in [-0.2, 0) is 0 Å². The van der Waals surface area contributed by atoms with Gasteiger partial charge in [-0.2, -0.15) is 13.2 Å². The van der Waals surface area contributed by atoms with Crippen LogP contribution in [0, 0.1) is 11.8 Å². The van der Waals surface area contributed by atoms with Crippen LogP contribution >= 0.6 is 22.9 Å². The van der Waals surface area contributed by atoms with Gasteiger partial charge in [-0.25, -0.2) is 4.79 Å². The van der Waals surface area contributed by atoms with Crippen LogP contribution in [0.1, 0.15) is 9.67 Å². The molecule has 2 N–H and O–H groups in total. The van der Waals surface area contributed by atoms with E-state index >= 15 is 0 Å². The van der Waals surface area contributed by atoms with E-state index in [0.29, 0.717) is 9.21 Å². The van der Waals surface area contributed by atoms with Crippen molar-refractivity contribution in [2.75, 3.05) is 19.6 Å². The van der Waals surface area contributed by atoms with E-state index < -0.39 is 36.6 Å². The summed E-state index contributed by atoms with van der Waals surface area (Å²) < 4.78 is 39.3. The van der Waals surface area contributed by atoms with Crippen molar-refractivity contribution in [1.82, 2.24) is 10.2 Å². The number of thiophene rings is 1. The highest BCUT2D eigenvalue weighted by atomic mass is 35.5. The summed E-state index contributed by atoms with van der Waals surface area (Å²) in [5.74, 6) is -3.31. The van der Waals surface area contributed by atoms with E-state index in [9.17, 15) is 22.8 Å². The van der Waals surface area contributed by atoms with Gasteiger partial charge in [-0.3, -0.25) is 4.79 Å². The summed E-state index contributed by atoms with van der Waals surface area (Å²) in [5.41, 5.74) is 0. The molecule has 0 spiro atoms. The van der Waals surface area contributed by atoms with Gasteiger partial charge in [0.1, 0.15) is 0 Å². The molecule has 2 amide bonds. The molecule has 1 saturated heterocycles. The highest BCUT2D eigenvalue weighted by molar-refractivity contribution is 7.17. The number of alkyl halides is 3. The van der Waals surface area contributed by atoms with Gasteiger partial charge in [0, 0.05) is 25.6 Å². The number of rotatable bonds is 3. The Morgan fingerprint density at radius 2 is 2.09 bits per heavy atom. The Hall–Kier alpha value is -1.48. The molecule has 1 fully saturated rings. The highest BCUT2D eigenvalue weighted by Gasteiger charge is 2.50. The Morgan fingerprint density at radius 1 is 1.41 bits per heavy atom. The van der Waals surface area contributed by atoms with Gasteiger partial charge in [0.2, 0.25) is 0 Å². The maximum Gasteiger partial charge on any atom is 0.407 e. The van der Waals surface area contributed by atoms with E-state index in [2.05, 4.69) is 5.32 Å². The SMILES string of the molecule is O=C(NC[C@H]1CN(C(=O)O)C[C@@H]1C(F)(F)F)c1ccc(Cl)s1. The Kier molecular flexibility index (Phi) is 4.86. The fourth-order valence-electron chi connectivity index (χ4n) is 2.35. The molecule has 122 valence electrons. The lowest BCUT2D eigenvalue weighted by molar-refractivity contribution is -0.179. The van der Waals surface area contributed by atoms with Crippen molar-refractivity contribution in [1.29, 1.82) is 0 Å². The average molecular weight is 357 g/mol. The topological polar surface area (TPSA) is 69.6 Å². The maximum absolute atomic E-state index is 13.0. The number of hydrogen-bond donors (Lipinski definition) is 2. The third kappa shape index (κ3) is 3.83. The van der Waals surface area contributed by atoms with Gasteiger partial charge in [-0.05, 0) is 12.1 Å². The molecule has 2 rings (SSSR count). The minimum absolute atomic E-state index is 0.248. The van der Waals surface area contributed by atoms with Gasteiger partial charge in [0.15, 0.2) is 0 Å². The first-order valence-electron chi connectivity index (χ1n) is 6.26. The van der Waals surface area contributed by atoms with Gasteiger partial charge in [-0.15, -0.1) is 11.3 Å². The van der Waals surface area contributed by atoms with Crippen LogP contribution in [0.2, 0.25) is 4.34 Å². The zero-order valence-electron chi connectivity index (χ0n) is 11.1. The van der Waals surface area contributed by atoms with E-state index in [1.165, 1.54) is 12.1 Å². The zero-order chi connectivity index (χ0) is 16.5. The summed E-state index contributed by atoms with van der Waals surface area (Å²) in [6.07, 6.45) is -5.90. The molecule has 5 nitrogen and oxygen atoms in total. The Balaban J connectivity index is 2.00. The first-order chi connectivity index (χ1) is 10.2. The normalized spacial score (nSPS) is 21.9. The molecule has 22 heavy (non-hydrogen) atoms. The monoisotopic (exact) mass is 356 g/mol. The summed E-state index contributed by atoms with van der Waals surface area (Å²) in [6, 6.07) is 2.99. The lowest BCUT2D eigenvalue weighted by Gasteiger charge is -2.20. The van der Waals surface area contributed by atoms with Crippen molar-refractivity contribution in [2.24, 2.45) is 11.8 Å². The van der Waals surface area contributed by atoms with Crippen molar-refractivity contribution in [3.63, 3.8) is 0 Å². The summed E-state index contributed by atoms with van der Waals surface area (Å²) in [5, 5.41) is 11.2. The maximum atomic E-state index is 13.0. The molecule has 10 heteroatoms. The smallest absolute Gasteiger partial charge is 0.407 e. The van der Waals surface area contributed by atoms with E-state index in [-0.39, 0.29) is 13.1 Å². The number of likely N-dealkylation sites (tertiary alicyclic amines) is 1. The second-order valence-corrected chi connectivity index (χ2v) is 6.62. The largest absolute Gasteiger partial charge is 0.465 e. The number of nitrogens with zero attached hydrogens (tertiary/aromatic N) is 1. The lowest BCUT2D eigenvalue weighted by atomic mass is 9.95. The molecule has 1 aliphatic rings. The third-order valence-electron chi connectivity index (χ3n) is 3.45. The quantitative estimate of drug-likeness (QED) is 0.875. The Morgan fingerprint density at radius 3 is 2.59 bits per heavy atom. The van der Waals surface area contributed by atoms with Crippen LogP contribution in [0.15, 0.2) is 12.1 Å². The molecule has 0 unspecified atom stereocenters. The van der Waals surface area contributed by atoms with Crippen molar-refractivity contribution < 1.29 is 27.9 Å². The number of carbonyl (C=O) groups is 2. The first kappa shape index (κ1) is 16.9. The van der Waals surface area contributed by atoms with E-state index in [4.69, 9.17) is 16.7 Å². The van der Waals surface area contributed by atoms with Gasteiger partial charge in [0.25, 0.3) is 5.91 Å². The van der Waals surface area contributed by atoms with Crippen LogP contribution in [0.25, 0.3) is 0 Å². The number of halogens is 4. The van der Waals surface area contributed by atoms with Crippen LogP contribution in [-0.4, -0.2) is 47.8 Å². The molecule has 0 aromatic carbocycles.